The molecule has 6 nitrogen and oxygen atoms in total. The molecule has 0 bridgehead atoms. The summed E-state index contributed by atoms with van der Waals surface area (Å²) >= 11 is 5.87. The molecule has 5 rings (SSSR count). The van der Waals surface area contributed by atoms with E-state index in [2.05, 4.69) is 4.98 Å². The van der Waals surface area contributed by atoms with Crippen molar-refractivity contribution >= 4 is 23.4 Å². The molecular weight excluding hydrogens is 390 g/mol. The van der Waals surface area contributed by atoms with E-state index < -0.39 is 5.54 Å². The Morgan fingerprint density at radius 2 is 2.10 bits per heavy atom. The molecule has 150 valence electrons. The number of carbonyl (C=O) groups excluding carboxylic acids is 1. The second kappa shape index (κ2) is 7.02. The molecule has 0 saturated heterocycles. The number of fused-ring (bicyclic) bond motifs is 4. The number of benzene rings is 1. The fourth-order valence-corrected chi connectivity index (χ4v) is 4.98. The van der Waals surface area contributed by atoms with E-state index in [1.54, 1.807) is 12.1 Å². The highest BCUT2D eigenvalue weighted by molar-refractivity contribution is 6.30. The first-order chi connectivity index (χ1) is 14.0. The average Bonchev–Trinajstić information content (AvgIpc) is 3.11. The summed E-state index contributed by atoms with van der Waals surface area (Å²) in [7, 11) is 0. The Bertz CT molecular complexity index is 991. The standard InChI is InChI=1S/C22H22ClN3O3/c23-14-6-7-17(25-11-14)18(27)10-13-5-8-20-16(9-13)22(12-28-21(24)26-22)15-3-1-2-4-19(15)29-20/h5-9,11,15,19H,1-4,10,12H2,(H2,24,26)/t15-,19?,22?/m1/s1. The van der Waals surface area contributed by atoms with Crippen LogP contribution in [0.3, 0.4) is 0 Å². The molecule has 1 spiro atoms. The SMILES string of the molecule is NC1=NC2(CO1)c1cc(CC(=O)c3ccc(Cl)cn3)ccc1OC1CCCC[C@H]12. The fraction of sp³-hybridized carbons (Fsp3) is 0.409. The van der Waals surface area contributed by atoms with E-state index in [-0.39, 0.29) is 30.2 Å². The number of ether oxygens (including phenoxy) is 2. The molecule has 2 aliphatic heterocycles. The molecule has 2 N–H and O–H groups in total. The number of rotatable bonds is 3. The van der Waals surface area contributed by atoms with Crippen LogP contribution >= 0.6 is 11.6 Å². The summed E-state index contributed by atoms with van der Waals surface area (Å²) in [6.45, 7) is 0.423. The van der Waals surface area contributed by atoms with E-state index in [4.69, 9.17) is 31.8 Å². The van der Waals surface area contributed by atoms with E-state index in [0.29, 0.717) is 17.3 Å². The minimum Gasteiger partial charge on any atom is -0.490 e. The number of nitrogens with zero attached hydrogens (tertiary/aromatic N) is 2. The normalized spacial score (nSPS) is 27.4. The van der Waals surface area contributed by atoms with Gasteiger partial charge in [-0.25, -0.2) is 4.99 Å². The van der Waals surface area contributed by atoms with Crippen LogP contribution in [0.2, 0.25) is 5.02 Å². The number of carbonyl (C=O) groups is 1. The van der Waals surface area contributed by atoms with Gasteiger partial charge in [0.2, 0.25) is 0 Å². The first kappa shape index (κ1) is 18.4. The zero-order valence-corrected chi connectivity index (χ0v) is 16.7. The summed E-state index contributed by atoms with van der Waals surface area (Å²) in [6.07, 6.45) is 6.21. The molecule has 2 aromatic rings. The van der Waals surface area contributed by atoms with Gasteiger partial charge in [-0.05, 0) is 49.1 Å². The molecular formula is C22H22ClN3O3. The molecule has 3 atom stereocenters. The van der Waals surface area contributed by atoms with Gasteiger partial charge in [-0.2, -0.15) is 0 Å². The van der Waals surface area contributed by atoms with Crippen LogP contribution in [0.15, 0.2) is 41.5 Å². The molecule has 1 fully saturated rings. The van der Waals surface area contributed by atoms with Gasteiger partial charge in [0.1, 0.15) is 29.7 Å². The van der Waals surface area contributed by atoms with Crippen molar-refractivity contribution in [1.82, 2.24) is 4.98 Å². The molecule has 0 radical (unpaired) electrons. The summed E-state index contributed by atoms with van der Waals surface area (Å²) in [5, 5.41) is 0.508. The van der Waals surface area contributed by atoms with Gasteiger partial charge in [-0.1, -0.05) is 24.1 Å². The van der Waals surface area contributed by atoms with Crippen LogP contribution in [0, 0.1) is 5.92 Å². The van der Waals surface area contributed by atoms with E-state index in [0.717, 1.165) is 42.6 Å². The average molecular weight is 412 g/mol. The highest BCUT2D eigenvalue weighted by atomic mass is 35.5. The van der Waals surface area contributed by atoms with E-state index in [9.17, 15) is 4.79 Å². The van der Waals surface area contributed by atoms with Crippen molar-refractivity contribution in [2.75, 3.05) is 6.61 Å². The first-order valence-electron chi connectivity index (χ1n) is 9.98. The van der Waals surface area contributed by atoms with Gasteiger partial charge >= 0.3 is 0 Å². The predicted octanol–water partition coefficient (Wildman–Crippen LogP) is 3.65. The van der Waals surface area contributed by atoms with Crippen molar-refractivity contribution in [1.29, 1.82) is 0 Å². The Morgan fingerprint density at radius 1 is 1.24 bits per heavy atom. The summed E-state index contributed by atoms with van der Waals surface area (Å²) in [4.78, 5) is 21.6. The smallest absolute Gasteiger partial charge is 0.283 e. The molecule has 29 heavy (non-hydrogen) atoms. The van der Waals surface area contributed by atoms with Gasteiger partial charge in [0.05, 0.1) is 5.02 Å². The predicted molar refractivity (Wildman–Crippen MR) is 109 cm³/mol. The van der Waals surface area contributed by atoms with Gasteiger partial charge in [-0.3, -0.25) is 9.78 Å². The van der Waals surface area contributed by atoms with Crippen LogP contribution < -0.4 is 10.5 Å². The second-order valence-electron chi connectivity index (χ2n) is 8.00. The molecule has 7 heteroatoms. The van der Waals surface area contributed by atoms with Gasteiger partial charge in [-0.15, -0.1) is 0 Å². The lowest BCUT2D eigenvalue weighted by atomic mass is 9.68. The van der Waals surface area contributed by atoms with Crippen molar-refractivity contribution in [2.24, 2.45) is 16.6 Å². The lowest BCUT2D eigenvalue weighted by Gasteiger charge is -2.46. The molecule has 1 aromatic carbocycles. The highest BCUT2D eigenvalue weighted by Gasteiger charge is 2.54. The van der Waals surface area contributed by atoms with E-state index >= 15 is 0 Å². The van der Waals surface area contributed by atoms with Crippen molar-refractivity contribution in [3.05, 3.63) is 58.4 Å². The largest absolute Gasteiger partial charge is 0.490 e. The molecule has 1 aliphatic carbocycles. The van der Waals surface area contributed by atoms with Crippen molar-refractivity contribution in [2.45, 2.75) is 43.7 Å². The number of aromatic nitrogens is 1. The van der Waals surface area contributed by atoms with Crippen LogP contribution in [0.5, 0.6) is 5.75 Å². The Balaban J connectivity index is 1.50. The maximum Gasteiger partial charge on any atom is 0.283 e. The monoisotopic (exact) mass is 411 g/mol. The Morgan fingerprint density at radius 3 is 2.86 bits per heavy atom. The molecule has 2 unspecified atom stereocenters. The molecule has 3 aliphatic rings. The van der Waals surface area contributed by atoms with Crippen molar-refractivity contribution in [3.8, 4) is 5.75 Å². The number of aliphatic imine (C=N–C) groups is 1. The molecule has 0 amide bonds. The number of pyridine rings is 1. The van der Waals surface area contributed by atoms with Gasteiger partial charge in [0, 0.05) is 24.1 Å². The van der Waals surface area contributed by atoms with Gasteiger partial charge in [0.15, 0.2) is 5.78 Å². The van der Waals surface area contributed by atoms with Gasteiger partial charge < -0.3 is 15.2 Å². The number of Topliss-reactive ketones (excluding diaryl/α,β-unsaturated/α-hetero) is 1. The Kier molecular flexibility index (Phi) is 4.46. The minimum absolute atomic E-state index is 0.0615. The number of hydrogen-bond donors (Lipinski definition) is 1. The van der Waals surface area contributed by atoms with Crippen LogP contribution in [-0.2, 0) is 16.7 Å². The second-order valence-corrected chi connectivity index (χ2v) is 8.44. The highest BCUT2D eigenvalue weighted by Crippen LogP contribution is 2.52. The summed E-state index contributed by atoms with van der Waals surface area (Å²) in [6, 6.07) is 9.47. The number of hydrogen-bond acceptors (Lipinski definition) is 6. The van der Waals surface area contributed by atoms with Gasteiger partial charge in [0.25, 0.3) is 6.02 Å². The number of ketones is 1. The van der Waals surface area contributed by atoms with Crippen molar-refractivity contribution < 1.29 is 14.3 Å². The minimum atomic E-state index is -0.527. The third-order valence-electron chi connectivity index (χ3n) is 6.23. The van der Waals surface area contributed by atoms with Crippen LogP contribution in [0.4, 0.5) is 0 Å². The summed E-state index contributed by atoms with van der Waals surface area (Å²) in [5.41, 5.74) is 7.67. The lowest BCUT2D eigenvalue weighted by molar-refractivity contribution is 0.00734. The van der Waals surface area contributed by atoms with Crippen LogP contribution in [0.25, 0.3) is 0 Å². The fourth-order valence-electron chi connectivity index (χ4n) is 4.87. The Hall–Kier alpha value is -2.60. The lowest BCUT2D eigenvalue weighted by Crippen LogP contribution is -2.49. The molecule has 3 heterocycles. The van der Waals surface area contributed by atoms with Crippen molar-refractivity contribution in [3.63, 3.8) is 0 Å². The number of nitrogens with two attached hydrogens (primary N) is 1. The molecule has 1 saturated carbocycles. The summed E-state index contributed by atoms with van der Waals surface area (Å²) < 4.78 is 12.0. The van der Waals surface area contributed by atoms with E-state index in [1.807, 2.05) is 18.2 Å². The summed E-state index contributed by atoms with van der Waals surface area (Å²) in [5.74, 6) is 0.985. The zero-order chi connectivity index (χ0) is 20.0. The van der Waals surface area contributed by atoms with Crippen LogP contribution in [-0.4, -0.2) is 29.5 Å². The topological polar surface area (TPSA) is 86.8 Å². The van der Waals surface area contributed by atoms with E-state index in [1.165, 1.54) is 6.20 Å². The Labute approximate surface area is 174 Å². The molecule has 1 aromatic heterocycles. The number of halogens is 1. The van der Waals surface area contributed by atoms with Crippen LogP contribution in [0.1, 0.15) is 47.3 Å². The third-order valence-corrected chi connectivity index (χ3v) is 6.46. The maximum atomic E-state index is 12.7. The maximum absolute atomic E-state index is 12.7. The zero-order valence-electron chi connectivity index (χ0n) is 15.9. The first-order valence-corrected chi connectivity index (χ1v) is 10.4. The number of amidine groups is 1. The quantitative estimate of drug-likeness (QED) is 0.779. The third kappa shape index (κ3) is 3.15.